The molecule has 4 heteroatoms. The number of rotatable bonds is 5. The van der Waals surface area contributed by atoms with Gasteiger partial charge in [0.15, 0.2) is 0 Å². The first-order valence-electron chi connectivity index (χ1n) is 7.08. The van der Waals surface area contributed by atoms with E-state index in [4.69, 9.17) is 10.5 Å². The number of nitrogens with two attached hydrogens (primary N) is 1. The highest BCUT2D eigenvalue weighted by atomic mass is 16.5. The molecule has 1 heterocycles. The van der Waals surface area contributed by atoms with Gasteiger partial charge >= 0.3 is 0 Å². The molecule has 0 radical (unpaired) electrons. The second kappa shape index (κ2) is 5.99. The first-order valence-corrected chi connectivity index (χ1v) is 7.08. The lowest BCUT2D eigenvalue weighted by Gasteiger charge is -2.15. The highest BCUT2D eigenvalue weighted by Gasteiger charge is 2.14. The molecule has 4 nitrogen and oxygen atoms in total. The Bertz CT molecular complexity index is 566. The number of nitrogen functional groups attached to an aromatic ring is 1. The van der Waals surface area contributed by atoms with Crippen LogP contribution in [0.4, 0.5) is 5.82 Å². The van der Waals surface area contributed by atoms with E-state index in [0.29, 0.717) is 11.7 Å². The molecule has 2 N–H and O–H groups in total. The van der Waals surface area contributed by atoms with Crippen molar-refractivity contribution in [2.45, 2.75) is 32.6 Å². The normalized spacial score (nSPS) is 11.1. The van der Waals surface area contributed by atoms with Gasteiger partial charge in [0.05, 0.1) is 12.8 Å². The minimum absolute atomic E-state index is 0.570. The van der Waals surface area contributed by atoms with Crippen LogP contribution in [0.1, 0.15) is 38.2 Å². The van der Waals surface area contributed by atoms with Gasteiger partial charge in [-0.2, -0.15) is 5.10 Å². The molecule has 0 atom stereocenters. The maximum Gasteiger partial charge on any atom is 0.128 e. The summed E-state index contributed by atoms with van der Waals surface area (Å²) in [6, 6.07) is 8.23. The van der Waals surface area contributed by atoms with Gasteiger partial charge in [0.1, 0.15) is 11.6 Å². The number of benzene rings is 1. The Kier molecular flexibility index (Phi) is 4.32. The second-order valence-corrected chi connectivity index (χ2v) is 5.05. The lowest BCUT2D eigenvalue weighted by molar-refractivity contribution is 0.416. The molecule has 0 saturated carbocycles. The first-order chi connectivity index (χ1) is 9.60. The topological polar surface area (TPSA) is 53.1 Å². The van der Waals surface area contributed by atoms with Crippen LogP contribution in [-0.2, 0) is 7.05 Å². The molecular weight excluding hydrogens is 250 g/mol. The van der Waals surface area contributed by atoms with E-state index in [9.17, 15) is 0 Å². The van der Waals surface area contributed by atoms with Gasteiger partial charge in [0.2, 0.25) is 0 Å². The molecule has 2 rings (SSSR count). The number of methoxy groups -OCH3 is 1. The monoisotopic (exact) mass is 273 g/mol. The summed E-state index contributed by atoms with van der Waals surface area (Å²) in [7, 11) is 3.53. The van der Waals surface area contributed by atoms with Gasteiger partial charge in [0.25, 0.3) is 0 Å². The van der Waals surface area contributed by atoms with Crippen molar-refractivity contribution in [2.75, 3.05) is 12.8 Å². The minimum Gasteiger partial charge on any atom is -0.496 e. The maximum atomic E-state index is 5.88. The van der Waals surface area contributed by atoms with Crippen LogP contribution in [0, 0.1) is 0 Å². The summed E-state index contributed by atoms with van der Waals surface area (Å²) in [4.78, 5) is 0. The summed E-state index contributed by atoms with van der Waals surface area (Å²) in [5.41, 5.74) is 9.07. The van der Waals surface area contributed by atoms with Crippen LogP contribution in [0.2, 0.25) is 0 Å². The fourth-order valence-corrected chi connectivity index (χ4v) is 2.55. The van der Waals surface area contributed by atoms with Crippen LogP contribution in [0.3, 0.4) is 0 Å². The molecule has 1 aromatic carbocycles. The Balaban J connectivity index is 2.51. The third-order valence-corrected chi connectivity index (χ3v) is 3.87. The van der Waals surface area contributed by atoms with Crippen LogP contribution in [0.5, 0.6) is 5.75 Å². The van der Waals surface area contributed by atoms with E-state index in [0.717, 1.165) is 29.8 Å². The Morgan fingerprint density at radius 3 is 2.45 bits per heavy atom. The van der Waals surface area contributed by atoms with Crippen molar-refractivity contribution in [1.82, 2.24) is 9.78 Å². The molecule has 0 aliphatic carbocycles. The van der Waals surface area contributed by atoms with Gasteiger partial charge in [-0.1, -0.05) is 19.9 Å². The summed E-state index contributed by atoms with van der Waals surface area (Å²) in [5, 5.41) is 4.45. The fourth-order valence-electron chi connectivity index (χ4n) is 2.55. The van der Waals surface area contributed by atoms with Crippen LogP contribution in [0.15, 0.2) is 24.3 Å². The fraction of sp³-hybridized carbons (Fsp3) is 0.438. The first kappa shape index (κ1) is 14.4. The predicted octanol–water partition coefficient (Wildman–Crippen LogP) is 3.58. The Labute approximate surface area is 120 Å². The van der Waals surface area contributed by atoms with E-state index in [2.05, 4.69) is 31.1 Å². The Morgan fingerprint density at radius 1 is 1.25 bits per heavy atom. The zero-order valence-corrected chi connectivity index (χ0v) is 12.7. The molecule has 108 valence electrons. The van der Waals surface area contributed by atoms with Crippen LogP contribution >= 0.6 is 0 Å². The van der Waals surface area contributed by atoms with Gasteiger partial charge in [-0.3, -0.25) is 4.68 Å². The van der Waals surface area contributed by atoms with Crippen molar-refractivity contribution in [3.8, 4) is 17.0 Å². The lowest BCUT2D eigenvalue weighted by Crippen LogP contribution is -1.98. The Hall–Kier alpha value is -1.97. The lowest BCUT2D eigenvalue weighted by atomic mass is 9.92. The van der Waals surface area contributed by atoms with Gasteiger partial charge in [-0.25, -0.2) is 0 Å². The van der Waals surface area contributed by atoms with Crippen molar-refractivity contribution in [2.24, 2.45) is 7.05 Å². The molecule has 0 bridgehead atoms. The summed E-state index contributed by atoms with van der Waals surface area (Å²) in [6.07, 6.45) is 2.26. The van der Waals surface area contributed by atoms with E-state index in [1.165, 1.54) is 5.56 Å². The number of aryl methyl sites for hydroxylation is 1. The number of ether oxygens (including phenoxy) is 1. The number of nitrogens with zero attached hydrogens (tertiary/aromatic N) is 2. The van der Waals surface area contributed by atoms with Crippen LogP contribution < -0.4 is 10.5 Å². The molecule has 0 saturated heterocycles. The predicted molar refractivity (Wildman–Crippen MR) is 82.9 cm³/mol. The van der Waals surface area contributed by atoms with Crippen molar-refractivity contribution in [3.05, 3.63) is 29.8 Å². The zero-order valence-electron chi connectivity index (χ0n) is 12.7. The standard InChI is InChI=1S/C16H23N3O/c1-5-11(6-2)12-7-8-15(20-4)13(9-12)14-10-16(17)19(3)18-14/h7-11H,5-6,17H2,1-4H3. The molecule has 0 aliphatic heterocycles. The summed E-state index contributed by atoms with van der Waals surface area (Å²) in [5.74, 6) is 2.05. The van der Waals surface area contributed by atoms with Gasteiger partial charge in [-0.05, 0) is 36.5 Å². The SMILES string of the molecule is CCC(CC)c1ccc(OC)c(-c2cc(N)n(C)n2)c1. The van der Waals surface area contributed by atoms with Crippen molar-refractivity contribution in [3.63, 3.8) is 0 Å². The van der Waals surface area contributed by atoms with E-state index in [1.54, 1.807) is 11.8 Å². The smallest absolute Gasteiger partial charge is 0.128 e. The summed E-state index contributed by atoms with van der Waals surface area (Å²) in [6.45, 7) is 4.44. The molecule has 0 unspecified atom stereocenters. The quantitative estimate of drug-likeness (QED) is 0.906. The Morgan fingerprint density at radius 2 is 1.95 bits per heavy atom. The van der Waals surface area contributed by atoms with Crippen LogP contribution in [-0.4, -0.2) is 16.9 Å². The number of aromatic nitrogens is 2. The largest absolute Gasteiger partial charge is 0.496 e. The molecule has 0 spiro atoms. The highest BCUT2D eigenvalue weighted by Crippen LogP contribution is 2.34. The molecular formula is C16H23N3O. The molecule has 1 aromatic heterocycles. The van der Waals surface area contributed by atoms with Gasteiger partial charge in [0, 0.05) is 18.7 Å². The van der Waals surface area contributed by atoms with Crippen molar-refractivity contribution >= 4 is 5.82 Å². The average molecular weight is 273 g/mol. The summed E-state index contributed by atoms with van der Waals surface area (Å²) < 4.78 is 7.14. The molecule has 0 fully saturated rings. The van der Waals surface area contributed by atoms with Crippen LogP contribution in [0.25, 0.3) is 11.3 Å². The van der Waals surface area contributed by atoms with E-state index in [1.807, 2.05) is 19.2 Å². The third-order valence-electron chi connectivity index (χ3n) is 3.87. The van der Waals surface area contributed by atoms with Gasteiger partial charge < -0.3 is 10.5 Å². The summed E-state index contributed by atoms with van der Waals surface area (Å²) >= 11 is 0. The van der Waals surface area contributed by atoms with Crippen molar-refractivity contribution in [1.29, 1.82) is 0 Å². The minimum atomic E-state index is 0.570. The highest BCUT2D eigenvalue weighted by molar-refractivity contribution is 5.70. The van der Waals surface area contributed by atoms with E-state index >= 15 is 0 Å². The van der Waals surface area contributed by atoms with Crippen molar-refractivity contribution < 1.29 is 4.74 Å². The average Bonchev–Trinajstić information content (AvgIpc) is 2.80. The molecule has 2 aromatic rings. The molecule has 0 aliphatic rings. The maximum absolute atomic E-state index is 5.88. The third kappa shape index (κ3) is 2.64. The number of anilines is 1. The second-order valence-electron chi connectivity index (χ2n) is 5.05. The molecule has 0 amide bonds. The van der Waals surface area contributed by atoms with E-state index in [-0.39, 0.29) is 0 Å². The molecule has 20 heavy (non-hydrogen) atoms. The zero-order chi connectivity index (χ0) is 14.7. The number of hydrogen-bond acceptors (Lipinski definition) is 3. The van der Waals surface area contributed by atoms with E-state index < -0.39 is 0 Å². The van der Waals surface area contributed by atoms with Gasteiger partial charge in [-0.15, -0.1) is 0 Å². The number of hydrogen-bond donors (Lipinski definition) is 1.